The van der Waals surface area contributed by atoms with E-state index < -0.39 is 10.0 Å². The predicted molar refractivity (Wildman–Crippen MR) is 133 cm³/mol. The topological polar surface area (TPSA) is 78.5 Å². The third-order valence-electron chi connectivity index (χ3n) is 4.50. The van der Waals surface area contributed by atoms with E-state index in [0.29, 0.717) is 17.9 Å². The summed E-state index contributed by atoms with van der Waals surface area (Å²) in [5.74, 6) is -0.369. The highest BCUT2D eigenvalue weighted by atomic mass is 32.2. The molecule has 0 atom stereocenters. The van der Waals surface area contributed by atoms with E-state index >= 15 is 0 Å². The van der Waals surface area contributed by atoms with Crippen LogP contribution in [-0.2, 0) is 14.8 Å². The van der Waals surface area contributed by atoms with Crippen molar-refractivity contribution in [3.8, 4) is 0 Å². The maximum atomic E-state index is 13.0. The molecular weight excluding hydrogens is 442 g/mol. The van der Waals surface area contributed by atoms with Gasteiger partial charge >= 0.3 is 0 Å². The van der Waals surface area contributed by atoms with E-state index in [2.05, 4.69) is 10.6 Å². The molecule has 0 aliphatic heterocycles. The summed E-state index contributed by atoms with van der Waals surface area (Å²) in [6, 6.07) is 24.6. The first-order valence-electron chi connectivity index (χ1n) is 9.93. The smallest absolute Gasteiger partial charge is 0.264 e. The molecule has 0 radical (unpaired) electrons. The molecule has 3 aromatic carbocycles. The van der Waals surface area contributed by atoms with Gasteiger partial charge in [-0.2, -0.15) is 0 Å². The number of nitrogens with one attached hydrogen (secondary N) is 2. The first-order valence-corrected chi connectivity index (χ1v) is 11.8. The molecule has 0 bridgehead atoms. The van der Waals surface area contributed by atoms with Crippen LogP contribution in [0.15, 0.2) is 95.9 Å². The average Bonchev–Trinajstić information content (AvgIpc) is 2.80. The summed E-state index contributed by atoms with van der Waals surface area (Å²) in [5, 5.41) is 5.56. The van der Waals surface area contributed by atoms with Crippen LogP contribution in [-0.4, -0.2) is 26.0 Å². The number of nitrogens with zero attached hydrogens (tertiary/aromatic N) is 1. The van der Waals surface area contributed by atoms with E-state index in [0.717, 1.165) is 5.56 Å². The number of amides is 1. The third kappa shape index (κ3) is 6.03. The summed E-state index contributed by atoms with van der Waals surface area (Å²) in [6.07, 6.45) is 3.08. The number of benzene rings is 3. The molecule has 0 fully saturated rings. The summed E-state index contributed by atoms with van der Waals surface area (Å²) < 4.78 is 27.4. The zero-order valence-electron chi connectivity index (χ0n) is 17.4. The number of hydrogen-bond donors (Lipinski definition) is 2. The summed E-state index contributed by atoms with van der Waals surface area (Å²) in [4.78, 5) is 12.2. The van der Waals surface area contributed by atoms with Crippen LogP contribution in [0.2, 0.25) is 0 Å². The van der Waals surface area contributed by atoms with E-state index in [1.165, 1.54) is 22.5 Å². The maximum absolute atomic E-state index is 13.0. The second-order valence-corrected chi connectivity index (χ2v) is 8.99. The molecule has 0 aromatic heterocycles. The van der Waals surface area contributed by atoms with Crippen molar-refractivity contribution in [2.24, 2.45) is 0 Å². The van der Waals surface area contributed by atoms with Crippen molar-refractivity contribution >= 4 is 50.7 Å². The Kier molecular flexibility index (Phi) is 7.75. The van der Waals surface area contributed by atoms with Crippen molar-refractivity contribution in [1.29, 1.82) is 0 Å². The highest BCUT2D eigenvalue weighted by molar-refractivity contribution is 7.92. The van der Waals surface area contributed by atoms with Crippen molar-refractivity contribution in [1.82, 2.24) is 5.32 Å². The Balaban J connectivity index is 1.63. The predicted octanol–water partition coefficient (Wildman–Crippen LogP) is 4.43. The van der Waals surface area contributed by atoms with Gasteiger partial charge in [0.25, 0.3) is 10.0 Å². The van der Waals surface area contributed by atoms with Crippen LogP contribution in [0.1, 0.15) is 12.5 Å². The molecule has 3 rings (SSSR count). The van der Waals surface area contributed by atoms with Crippen LogP contribution in [0.3, 0.4) is 0 Å². The third-order valence-corrected chi connectivity index (χ3v) is 6.62. The summed E-state index contributed by atoms with van der Waals surface area (Å²) in [7, 11) is -3.71. The Morgan fingerprint density at radius 2 is 1.53 bits per heavy atom. The molecule has 0 aliphatic rings. The highest BCUT2D eigenvalue weighted by Crippen LogP contribution is 2.24. The lowest BCUT2D eigenvalue weighted by Crippen LogP contribution is -2.33. The van der Waals surface area contributed by atoms with Crippen LogP contribution in [0.4, 0.5) is 11.4 Å². The number of rotatable bonds is 7. The van der Waals surface area contributed by atoms with E-state index in [9.17, 15) is 13.2 Å². The summed E-state index contributed by atoms with van der Waals surface area (Å²) in [6.45, 7) is 2.09. The van der Waals surface area contributed by atoms with Crippen LogP contribution < -0.4 is 14.9 Å². The fraction of sp³-hybridized carbons (Fsp3) is 0.0833. The average molecular weight is 466 g/mol. The summed E-state index contributed by atoms with van der Waals surface area (Å²) in [5.41, 5.74) is 2.06. The molecule has 0 unspecified atom stereocenters. The van der Waals surface area contributed by atoms with Gasteiger partial charge in [-0.15, -0.1) is 0 Å². The molecule has 1 amide bonds. The number of carbonyl (C=O) groups excluding carboxylic acids is 1. The Bertz CT molecular complexity index is 1190. The van der Waals surface area contributed by atoms with E-state index in [1.807, 2.05) is 36.4 Å². The number of hydrogen-bond acceptors (Lipinski definition) is 4. The number of thiocarbonyl (C=S) groups is 1. The van der Waals surface area contributed by atoms with Gasteiger partial charge in [-0.25, -0.2) is 8.42 Å². The molecular formula is C24H23N3O3S2. The minimum atomic E-state index is -3.71. The largest absolute Gasteiger partial charge is 0.332 e. The van der Waals surface area contributed by atoms with Crippen molar-refractivity contribution < 1.29 is 13.2 Å². The molecule has 164 valence electrons. The summed E-state index contributed by atoms with van der Waals surface area (Å²) >= 11 is 5.17. The number of carbonyl (C=O) groups is 1. The second-order valence-electron chi connectivity index (χ2n) is 6.72. The molecule has 8 heteroatoms. The first kappa shape index (κ1) is 23.2. The molecule has 0 saturated heterocycles. The first-order chi connectivity index (χ1) is 15.4. The maximum Gasteiger partial charge on any atom is 0.264 e. The molecule has 0 spiro atoms. The van der Waals surface area contributed by atoms with Gasteiger partial charge < -0.3 is 5.32 Å². The van der Waals surface area contributed by atoms with Gasteiger partial charge in [0, 0.05) is 18.3 Å². The van der Waals surface area contributed by atoms with Crippen LogP contribution in [0.25, 0.3) is 6.08 Å². The lowest BCUT2D eigenvalue weighted by molar-refractivity contribution is -0.115. The highest BCUT2D eigenvalue weighted by Gasteiger charge is 2.23. The fourth-order valence-corrected chi connectivity index (χ4v) is 4.67. The van der Waals surface area contributed by atoms with Crippen molar-refractivity contribution in [3.05, 3.63) is 96.6 Å². The fourth-order valence-electron chi connectivity index (χ4n) is 2.98. The lowest BCUT2D eigenvalue weighted by atomic mass is 10.2. The zero-order valence-corrected chi connectivity index (χ0v) is 19.1. The molecule has 0 saturated carbocycles. The molecule has 0 aliphatic carbocycles. The quantitative estimate of drug-likeness (QED) is 0.399. The number of para-hydroxylation sites is 1. The van der Waals surface area contributed by atoms with Crippen LogP contribution in [0.5, 0.6) is 0 Å². The van der Waals surface area contributed by atoms with Gasteiger partial charge in [0.15, 0.2) is 5.11 Å². The van der Waals surface area contributed by atoms with Crippen LogP contribution in [0, 0.1) is 0 Å². The zero-order chi connectivity index (χ0) is 23.0. The van der Waals surface area contributed by atoms with E-state index in [1.54, 1.807) is 49.4 Å². The van der Waals surface area contributed by atoms with Gasteiger partial charge in [0.1, 0.15) is 0 Å². The molecule has 32 heavy (non-hydrogen) atoms. The Morgan fingerprint density at radius 3 is 2.12 bits per heavy atom. The van der Waals surface area contributed by atoms with Gasteiger partial charge in [0.2, 0.25) is 5.91 Å². The second kappa shape index (κ2) is 10.7. The Morgan fingerprint density at radius 1 is 0.938 bits per heavy atom. The van der Waals surface area contributed by atoms with Crippen molar-refractivity contribution in [3.63, 3.8) is 0 Å². The number of sulfonamides is 1. The SMILES string of the molecule is CCN(c1ccccc1)S(=O)(=O)c1ccc(NC(=S)NC(=O)/C=C/c2ccccc2)cc1. The minimum absolute atomic E-state index is 0.114. The van der Waals surface area contributed by atoms with E-state index in [-0.39, 0.29) is 15.9 Å². The van der Waals surface area contributed by atoms with Crippen molar-refractivity contribution in [2.45, 2.75) is 11.8 Å². The standard InChI is InChI=1S/C24H23N3O3S2/c1-2-27(21-11-7-4-8-12-21)32(29,30)22-16-14-20(15-17-22)25-24(31)26-23(28)18-13-19-9-5-3-6-10-19/h3-18H,2H2,1H3,(H2,25,26,28,31)/b18-13+. The Hall–Kier alpha value is -3.49. The normalized spacial score (nSPS) is 11.2. The van der Waals surface area contributed by atoms with Gasteiger partial charge in [-0.05, 0) is 67.2 Å². The molecule has 3 aromatic rings. The molecule has 2 N–H and O–H groups in total. The van der Waals surface area contributed by atoms with E-state index in [4.69, 9.17) is 12.2 Å². The molecule has 6 nitrogen and oxygen atoms in total. The van der Waals surface area contributed by atoms with Crippen LogP contribution >= 0.6 is 12.2 Å². The van der Waals surface area contributed by atoms with Gasteiger partial charge in [-0.1, -0.05) is 48.5 Å². The number of anilines is 2. The monoisotopic (exact) mass is 465 g/mol. The lowest BCUT2D eigenvalue weighted by Gasteiger charge is -2.23. The Labute approximate surface area is 193 Å². The van der Waals surface area contributed by atoms with Crippen molar-refractivity contribution in [2.75, 3.05) is 16.2 Å². The minimum Gasteiger partial charge on any atom is -0.332 e. The van der Waals surface area contributed by atoms with Gasteiger partial charge in [0.05, 0.1) is 10.6 Å². The van der Waals surface area contributed by atoms with Gasteiger partial charge in [-0.3, -0.25) is 14.4 Å². The molecule has 0 heterocycles.